The van der Waals surface area contributed by atoms with E-state index in [1.54, 1.807) is 60.7 Å². The third-order valence-corrected chi connectivity index (χ3v) is 2.41. The van der Waals surface area contributed by atoms with Gasteiger partial charge in [-0.3, -0.25) is 4.79 Å². The Balaban J connectivity index is 0.000000204. The van der Waals surface area contributed by atoms with Crippen LogP contribution in [0.4, 0.5) is 0 Å². The van der Waals surface area contributed by atoms with Crippen molar-refractivity contribution in [1.82, 2.24) is 0 Å². The quantitative estimate of drug-likeness (QED) is 0.790. The summed E-state index contributed by atoms with van der Waals surface area (Å²) in [6.45, 7) is 0. The highest BCUT2D eigenvalue weighted by atomic mass is 16.4. The van der Waals surface area contributed by atoms with Crippen molar-refractivity contribution in [3.63, 3.8) is 0 Å². The van der Waals surface area contributed by atoms with Gasteiger partial charge in [0.1, 0.15) is 0 Å². The third-order valence-electron chi connectivity index (χ3n) is 2.41. The van der Waals surface area contributed by atoms with Crippen molar-refractivity contribution in [2.75, 3.05) is 0 Å². The summed E-state index contributed by atoms with van der Waals surface area (Å²) in [4.78, 5) is 20.7. The molecule has 0 aliphatic heterocycles. The van der Waals surface area contributed by atoms with Crippen molar-refractivity contribution in [2.45, 2.75) is 6.10 Å². The minimum absolute atomic E-state index is 0.331. The maximum Gasteiger partial charge on any atom is 0.335 e. The Morgan fingerprint density at radius 1 is 0.900 bits per heavy atom. The van der Waals surface area contributed by atoms with Crippen LogP contribution in [0, 0.1) is 0 Å². The van der Waals surface area contributed by atoms with E-state index in [0.717, 1.165) is 0 Å². The van der Waals surface area contributed by atoms with Crippen molar-refractivity contribution in [1.29, 1.82) is 0 Å². The number of carboxylic acid groups (broad SMARTS) is 1. The van der Waals surface area contributed by atoms with Crippen LogP contribution in [0.1, 0.15) is 22.0 Å². The van der Waals surface area contributed by atoms with E-state index in [2.05, 4.69) is 0 Å². The van der Waals surface area contributed by atoms with E-state index in [4.69, 9.17) is 15.9 Å². The van der Waals surface area contributed by atoms with Crippen LogP contribution in [0.15, 0.2) is 60.7 Å². The molecule has 2 aromatic rings. The summed E-state index contributed by atoms with van der Waals surface area (Å²) < 4.78 is 0. The molecule has 5 nitrogen and oxygen atoms in total. The maximum atomic E-state index is 10.5. The van der Waals surface area contributed by atoms with Crippen LogP contribution in [-0.4, -0.2) is 22.1 Å². The molecule has 20 heavy (non-hydrogen) atoms. The number of aromatic carboxylic acids is 1. The molecule has 2 aromatic carbocycles. The zero-order chi connectivity index (χ0) is 15.0. The second-order valence-electron chi connectivity index (χ2n) is 3.89. The molecule has 2 rings (SSSR count). The van der Waals surface area contributed by atoms with E-state index in [1.807, 2.05) is 0 Å². The molecule has 4 N–H and O–H groups in total. The van der Waals surface area contributed by atoms with Crippen LogP contribution in [0.2, 0.25) is 0 Å². The summed E-state index contributed by atoms with van der Waals surface area (Å²) in [5.74, 6) is -1.60. The Morgan fingerprint density at radius 3 is 1.70 bits per heavy atom. The minimum atomic E-state index is -1.18. The molecule has 0 spiro atoms. The molecule has 5 heteroatoms. The van der Waals surface area contributed by atoms with E-state index in [0.29, 0.717) is 11.1 Å². The Kier molecular flexibility index (Phi) is 5.93. The molecule has 0 saturated heterocycles. The van der Waals surface area contributed by atoms with Gasteiger partial charge < -0.3 is 15.9 Å². The van der Waals surface area contributed by atoms with Crippen LogP contribution < -0.4 is 5.73 Å². The fourth-order valence-electron chi connectivity index (χ4n) is 1.38. The molecule has 0 saturated carbocycles. The first-order valence-corrected chi connectivity index (χ1v) is 5.83. The SMILES string of the molecule is NC(=O)C(O)c1ccccc1.O=C(O)c1ccccc1. The minimum Gasteiger partial charge on any atom is -0.478 e. The number of carbonyl (C=O) groups excluding carboxylic acids is 1. The van der Waals surface area contributed by atoms with Gasteiger partial charge in [-0.15, -0.1) is 0 Å². The zero-order valence-corrected chi connectivity index (χ0v) is 10.6. The fraction of sp³-hybridized carbons (Fsp3) is 0.0667. The number of aliphatic hydroxyl groups excluding tert-OH is 1. The van der Waals surface area contributed by atoms with Gasteiger partial charge >= 0.3 is 5.97 Å². The number of primary amides is 1. The number of aliphatic hydroxyl groups is 1. The van der Waals surface area contributed by atoms with Gasteiger partial charge in [0.25, 0.3) is 5.91 Å². The van der Waals surface area contributed by atoms with Crippen LogP contribution in [0.25, 0.3) is 0 Å². The predicted octanol–water partition coefficient (Wildman–Crippen LogP) is 1.59. The average molecular weight is 273 g/mol. The van der Waals surface area contributed by atoms with E-state index in [-0.39, 0.29) is 0 Å². The van der Waals surface area contributed by atoms with Crippen molar-refractivity contribution in [3.05, 3.63) is 71.8 Å². The lowest BCUT2D eigenvalue weighted by molar-refractivity contribution is -0.126. The van der Waals surface area contributed by atoms with E-state index < -0.39 is 18.0 Å². The van der Waals surface area contributed by atoms with Gasteiger partial charge in [0.15, 0.2) is 6.10 Å². The number of amides is 1. The molecular formula is C15H15NO4. The van der Waals surface area contributed by atoms with Gasteiger partial charge in [-0.05, 0) is 17.7 Å². The number of hydrogen-bond acceptors (Lipinski definition) is 3. The summed E-state index contributed by atoms with van der Waals surface area (Å²) in [6, 6.07) is 16.9. The number of carboxylic acids is 1. The highest BCUT2D eigenvalue weighted by Crippen LogP contribution is 2.10. The van der Waals surface area contributed by atoms with Crippen molar-refractivity contribution >= 4 is 11.9 Å². The Labute approximate surface area is 116 Å². The van der Waals surface area contributed by atoms with Crippen LogP contribution in [0.5, 0.6) is 0 Å². The highest BCUT2D eigenvalue weighted by molar-refractivity contribution is 5.87. The third kappa shape index (κ3) is 4.91. The molecule has 0 aliphatic rings. The molecule has 0 bridgehead atoms. The van der Waals surface area contributed by atoms with Crippen LogP contribution >= 0.6 is 0 Å². The molecule has 0 aromatic heterocycles. The van der Waals surface area contributed by atoms with Crippen LogP contribution in [0.3, 0.4) is 0 Å². The molecule has 104 valence electrons. The van der Waals surface area contributed by atoms with Gasteiger partial charge in [0.2, 0.25) is 0 Å². The number of benzene rings is 2. The molecule has 0 fully saturated rings. The lowest BCUT2D eigenvalue weighted by Gasteiger charge is -2.04. The van der Waals surface area contributed by atoms with Crippen molar-refractivity contribution in [3.8, 4) is 0 Å². The molecule has 1 amide bonds. The smallest absolute Gasteiger partial charge is 0.335 e. The first-order chi connectivity index (χ1) is 9.52. The van der Waals surface area contributed by atoms with Gasteiger partial charge in [-0.25, -0.2) is 4.79 Å². The standard InChI is InChI=1S/C8H9NO2.C7H6O2/c9-8(11)7(10)6-4-2-1-3-5-6;8-7(9)6-4-2-1-3-5-6/h1-5,7,10H,(H2,9,11);1-5H,(H,8,9). The zero-order valence-electron chi connectivity index (χ0n) is 10.6. The Bertz CT molecular complexity index is 555. The van der Waals surface area contributed by atoms with Gasteiger partial charge in [-0.1, -0.05) is 48.5 Å². The van der Waals surface area contributed by atoms with E-state index >= 15 is 0 Å². The Hall–Kier alpha value is -2.66. The number of rotatable bonds is 3. The first-order valence-electron chi connectivity index (χ1n) is 5.83. The molecule has 0 aliphatic carbocycles. The molecule has 0 heterocycles. The summed E-state index contributed by atoms with van der Waals surface area (Å²) in [7, 11) is 0. The van der Waals surface area contributed by atoms with Crippen molar-refractivity contribution in [2.24, 2.45) is 5.73 Å². The van der Waals surface area contributed by atoms with Gasteiger partial charge in [0.05, 0.1) is 5.56 Å². The lowest BCUT2D eigenvalue weighted by Crippen LogP contribution is -2.20. The van der Waals surface area contributed by atoms with Gasteiger partial charge in [0, 0.05) is 0 Å². The summed E-state index contributed by atoms with van der Waals surface area (Å²) in [6.07, 6.45) is -1.18. The second kappa shape index (κ2) is 7.70. The monoisotopic (exact) mass is 273 g/mol. The fourth-order valence-corrected chi connectivity index (χ4v) is 1.38. The van der Waals surface area contributed by atoms with E-state index in [1.165, 1.54) is 0 Å². The number of carbonyl (C=O) groups is 2. The maximum absolute atomic E-state index is 10.5. The van der Waals surface area contributed by atoms with Crippen molar-refractivity contribution < 1.29 is 19.8 Å². The second-order valence-corrected chi connectivity index (χ2v) is 3.89. The molecule has 1 unspecified atom stereocenters. The summed E-state index contributed by atoms with van der Waals surface area (Å²) in [5.41, 5.74) is 5.74. The average Bonchev–Trinajstić information content (AvgIpc) is 2.49. The predicted molar refractivity (Wildman–Crippen MR) is 74.0 cm³/mol. The molecule has 1 atom stereocenters. The first kappa shape index (κ1) is 15.4. The normalized spacial score (nSPS) is 10.8. The topological polar surface area (TPSA) is 101 Å². The van der Waals surface area contributed by atoms with Gasteiger partial charge in [-0.2, -0.15) is 0 Å². The largest absolute Gasteiger partial charge is 0.478 e. The summed E-state index contributed by atoms with van der Waals surface area (Å²) in [5, 5.41) is 17.5. The highest BCUT2D eigenvalue weighted by Gasteiger charge is 2.11. The lowest BCUT2D eigenvalue weighted by atomic mass is 10.1. The molecular weight excluding hydrogens is 258 g/mol. The Morgan fingerprint density at radius 2 is 1.35 bits per heavy atom. The van der Waals surface area contributed by atoms with E-state index in [9.17, 15) is 9.59 Å². The number of nitrogens with two attached hydrogens (primary N) is 1. The van der Waals surface area contributed by atoms with Crippen LogP contribution in [-0.2, 0) is 4.79 Å². The molecule has 0 radical (unpaired) electrons. The number of hydrogen-bond donors (Lipinski definition) is 3. The summed E-state index contributed by atoms with van der Waals surface area (Å²) >= 11 is 0.